The summed E-state index contributed by atoms with van der Waals surface area (Å²) in [5, 5.41) is 10.8. The molecule has 1 aromatic carbocycles. The van der Waals surface area contributed by atoms with E-state index in [1.165, 1.54) is 18.2 Å². The second kappa shape index (κ2) is 4.39. The molecule has 0 atom stereocenters. The van der Waals surface area contributed by atoms with Crippen LogP contribution >= 0.6 is 11.6 Å². The van der Waals surface area contributed by atoms with Gasteiger partial charge in [0.25, 0.3) is 5.69 Å². The number of nitro groups is 1. The first-order valence-electron chi connectivity index (χ1n) is 4.70. The average Bonchev–Trinajstić information content (AvgIpc) is 2.76. The summed E-state index contributed by atoms with van der Waals surface area (Å²) in [6, 6.07) is 7.43. The zero-order valence-corrected chi connectivity index (χ0v) is 9.29. The average molecular weight is 251 g/mol. The fraction of sp³-hybridized carbons (Fsp3) is 0. The number of nitro benzene ring substituents is 1. The molecule has 0 spiro atoms. The minimum absolute atomic E-state index is 0.0847. The lowest BCUT2D eigenvalue weighted by Gasteiger charge is -2.07. The van der Waals surface area contributed by atoms with Gasteiger partial charge in [-0.3, -0.25) is 14.9 Å². The number of hydrogen-bond donors (Lipinski definition) is 0. The van der Waals surface area contributed by atoms with Crippen LogP contribution in [0.15, 0.2) is 36.5 Å². The highest BCUT2D eigenvalue weighted by atomic mass is 35.5. The number of non-ortho nitro benzene ring substituents is 1. The Balaban J connectivity index is 2.54. The van der Waals surface area contributed by atoms with E-state index in [1.807, 2.05) is 0 Å². The Labute approximate surface area is 101 Å². The molecule has 0 saturated carbocycles. The van der Waals surface area contributed by atoms with E-state index >= 15 is 0 Å². The van der Waals surface area contributed by atoms with Crippen LogP contribution in [-0.2, 0) is 0 Å². The normalized spacial score (nSPS) is 10.2. The zero-order valence-electron chi connectivity index (χ0n) is 8.54. The van der Waals surface area contributed by atoms with Crippen LogP contribution in [0.2, 0.25) is 5.02 Å². The number of nitrogens with zero attached hydrogens (tertiary/aromatic N) is 2. The first-order chi connectivity index (χ1) is 8.13. The number of aldehydes is 1. The van der Waals surface area contributed by atoms with Crippen molar-refractivity contribution in [2.45, 2.75) is 0 Å². The van der Waals surface area contributed by atoms with Crippen molar-refractivity contribution in [3.63, 3.8) is 0 Å². The van der Waals surface area contributed by atoms with Crippen molar-refractivity contribution in [3.8, 4) is 5.69 Å². The number of halogens is 1. The van der Waals surface area contributed by atoms with Crippen molar-refractivity contribution in [1.29, 1.82) is 0 Å². The molecular formula is C11H7ClN2O3. The van der Waals surface area contributed by atoms with E-state index in [-0.39, 0.29) is 10.7 Å². The highest BCUT2D eigenvalue weighted by molar-refractivity contribution is 6.32. The third-order valence-corrected chi connectivity index (χ3v) is 2.61. The Morgan fingerprint density at radius 1 is 1.35 bits per heavy atom. The van der Waals surface area contributed by atoms with Crippen LogP contribution < -0.4 is 0 Å². The van der Waals surface area contributed by atoms with Crippen LogP contribution in [0.5, 0.6) is 0 Å². The molecular weight excluding hydrogens is 244 g/mol. The van der Waals surface area contributed by atoms with E-state index < -0.39 is 4.92 Å². The molecule has 86 valence electrons. The fourth-order valence-electron chi connectivity index (χ4n) is 1.51. The van der Waals surface area contributed by atoms with E-state index in [4.69, 9.17) is 11.6 Å². The molecule has 5 nitrogen and oxygen atoms in total. The largest absolute Gasteiger partial charge is 0.313 e. The summed E-state index contributed by atoms with van der Waals surface area (Å²) in [6.07, 6.45) is 2.36. The molecule has 1 aromatic heterocycles. The van der Waals surface area contributed by atoms with E-state index in [9.17, 15) is 14.9 Å². The van der Waals surface area contributed by atoms with Gasteiger partial charge in [0.1, 0.15) is 0 Å². The lowest BCUT2D eigenvalue weighted by molar-refractivity contribution is -0.384. The molecule has 0 radical (unpaired) electrons. The highest BCUT2D eigenvalue weighted by Crippen LogP contribution is 2.26. The summed E-state index contributed by atoms with van der Waals surface area (Å²) in [4.78, 5) is 20.8. The Morgan fingerprint density at radius 2 is 2.12 bits per heavy atom. The Hall–Kier alpha value is -2.14. The Morgan fingerprint density at radius 3 is 2.71 bits per heavy atom. The third-order valence-electron chi connectivity index (χ3n) is 2.30. The second-order valence-electron chi connectivity index (χ2n) is 3.31. The van der Waals surface area contributed by atoms with Gasteiger partial charge in [-0.15, -0.1) is 0 Å². The van der Waals surface area contributed by atoms with E-state index in [2.05, 4.69) is 0 Å². The predicted octanol–water partition coefficient (Wildman–Crippen LogP) is 2.85. The topological polar surface area (TPSA) is 65.1 Å². The first-order valence-corrected chi connectivity index (χ1v) is 5.08. The number of aromatic nitrogens is 1. The summed E-state index contributed by atoms with van der Waals surface area (Å²) in [5.41, 5.74) is 0.878. The first kappa shape index (κ1) is 11.3. The number of carbonyl (C=O) groups excluding carboxylic acids is 1. The van der Waals surface area contributed by atoms with Gasteiger partial charge >= 0.3 is 0 Å². The van der Waals surface area contributed by atoms with Crippen molar-refractivity contribution >= 4 is 23.6 Å². The summed E-state index contributed by atoms with van der Waals surface area (Å²) < 4.78 is 1.57. The maximum atomic E-state index is 10.8. The molecule has 2 aromatic rings. The smallest absolute Gasteiger partial charge is 0.271 e. The zero-order chi connectivity index (χ0) is 12.4. The lowest BCUT2D eigenvalue weighted by atomic mass is 10.2. The lowest BCUT2D eigenvalue weighted by Crippen LogP contribution is -1.99. The molecule has 1 heterocycles. The van der Waals surface area contributed by atoms with E-state index in [0.29, 0.717) is 17.7 Å². The quantitative estimate of drug-likeness (QED) is 0.478. The summed E-state index contributed by atoms with van der Waals surface area (Å²) >= 11 is 5.95. The van der Waals surface area contributed by atoms with Gasteiger partial charge in [-0.05, 0) is 18.2 Å². The molecule has 0 amide bonds. The fourth-order valence-corrected chi connectivity index (χ4v) is 1.78. The second-order valence-corrected chi connectivity index (χ2v) is 3.72. The Kier molecular flexibility index (Phi) is 2.93. The van der Waals surface area contributed by atoms with Gasteiger partial charge in [-0.25, -0.2) is 0 Å². The van der Waals surface area contributed by atoms with Crippen LogP contribution in [0.4, 0.5) is 5.69 Å². The van der Waals surface area contributed by atoms with Crippen molar-refractivity contribution < 1.29 is 9.72 Å². The molecule has 0 unspecified atom stereocenters. The molecule has 0 aliphatic carbocycles. The molecule has 0 aliphatic rings. The van der Waals surface area contributed by atoms with Crippen LogP contribution in [0.25, 0.3) is 5.69 Å². The van der Waals surface area contributed by atoms with Gasteiger partial charge in [0.2, 0.25) is 0 Å². The molecule has 0 saturated heterocycles. The van der Waals surface area contributed by atoms with Gasteiger partial charge in [0.05, 0.1) is 21.3 Å². The maximum Gasteiger partial charge on any atom is 0.271 e. The van der Waals surface area contributed by atoms with Crippen molar-refractivity contribution in [3.05, 3.63) is 57.4 Å². The minimum atomic E-state index is -0.522. The number of benzene rings is 1. The van der Waals surface area contributed by atoms with E-state index in [1.54, 1.807) is 22.9 Å². The Bertz CT molecular complexity index is 592. The molecule has 0 bridgehead atoms. The standard InChI is InChI=1S/C11H7ClN2O3/c12-10-6-8(14(16)17)3-4-11(10)13-5-1-2-9(13)7-15/h1-7H. The van der Waals surface area contributed by atoms with Gasteiger partial charge in [0.15, 0.2) is 6.29 Å². The monoisotopic (exact) mass is 250 g/mol. The molecule has 6 heteroatoms. The molecule has 0 fully saturated rings. The highest BCUT2D eigenvalue weighted by Gasteiger charge is 2.11. The summed E-state index contributed by atoms with van der Waals surface area (Å²) in [6.45, 7) is 0. The predicted molar refractivity (Wildman–Crippen MR) is 62.8 cm³/mol. The van der Waals surface area contributed by atoms with Crippen molar-refractivity contribution in [2.75, 3.05) is 0 Å². The number of hydrogen-bond acceptors (Lipinski definition) is 3. The molecule has 17 heavy (non-hydrogen) atoms. The van der Waals surface area contributed by atoms with Crippen molar-refractivity contribution in [2.24, 2.45) is 0 Å². The van der Waals surface area contributed by atoms with Gasteiger partial charge in [-0.1, -0.05) is 11.6 Å². The van der Waals surface area contributed by atoms with Crippen LogP contribution in [0.1, 0.15) is 10.5 Å². The van der Waals surface area contributed by atoms with Gasteiger partial charge < -0.3 is 4.57 Å². The number of rotatable bonds is 3. The van der Waals surface area contributed by atoms with Crippen molar-refractivity contribution in [1.82, 2.24) is 4.57 Å². The molecule has 2 rings (SSSR count). The van der Waals surface area contributed by atoms with Crippen LogP contribution in [0, 0.1) is 10.1 Å². The molecule has 0 aliphatic heterocycles. The van der Waals surface area contributed by atoms with Gasteiger partial charge in [0, 0.05) is 18.3 Å². The maximum absolute atomic E-state index is 10.8. The summed E-state index contributed by atoms with van der Waals surface area (Å²) in [5.74, 6) is 0. The minimum Gasteiger partial charge on any atom is -0.313 e. The van der Waals surface area contributed by atoms with Gasteiger partial charge in [-0.2, -0.15) is 0 Å². The summed E-state index contributed by atoms with van der Waals surface area (Å²) in [7, 11) is 0. The molecule has 0 N–H and O–H groups in total. The van der Waals surface area contributed by atoms with E-state index in [0.717, 1.165) is 0 Å². The number of carbonyl (C=O) groups is 1. The SMILES string of the molecule is O=Cc1cccn1-c1ccc([N+](=O)[O-])cc1Cl. The third kappa shape index (κ3) is 2.05. The van der Waals surface area contributed by atoms with Crippen LogP contribution in [-0.4, -0.2) is 15.8 Å². The van der Waals surface area contributed by atoms with Crippen LogP contribution in [0.3, 0.4) is 0 Å².